The summed E-state index contributed by atoms with van der Waals surface area (Å²) in [5.74, 6) is 3.84. The largest absolute Gasteiger partial charge is 4.00 e. The van der Waals surface area contributed by atoms with Gasteiger partial charge >= 0.3 is 21.7 Å². The average molecular weight is 399 g/mol. The molecule has 0 aromatic heterocycles. The van der Waals surface area contributed by atoms with E-state index in [9.17, 15) is 0 Å². The van der Waals surface area contributed by atoms with Crippen molar-refractivity contribution in [2.24, 2.45) is 17.8 Å². The maximum Gasteiger partial charge on any atom is 4.00 e. The summed E-state index contributed by atoms with van der Waals surface area (Å²) in [5, 5.41) is 0. The molecule has 1 saturated carbocycles. The van der Waals surface area contributed by atoms with Crippen molar-refractivity contribution in [1.29, 1.82) is 0 Å². The summed E-state index contributed by atoms with van der Waals surface area (Å²) in [5.41, 5.74) is 0.750. The Balaban J connectivity index is 0. The third-order valence-electron chi connectivity index (χ3n) is 4.99. The van der Waals surface area contributed by atoms with Gasteiger partial charge in [-0.05, 0) is 36.3 Å². The van der Waals surface area contributed by atoms with Crippen molar-refractivity contribution in [1.82, 2.24) is 0 Å². The van der Waals surface area contributed by atoms with E-state index in [4.69, 9.17) is 14.5 Å². The summed E-state index contributed by atoms with van der Waals surface area (Å²) >= 11 is 0. The first-order chi connectivity index (χ1) is 9.67. The third kappa shape index (κ3) is 5.48. The molecule has 0 aromatic rings. The van der Waals surface area contributed by atoms with Crippen molar-refractivity contribution in [3.63, 3.8) is 0 Å². The van der Waals surface area contributed by atoms with Gasteiger partial charge in [0.05, 0.1) is 0 Å². The fourth-order valence-corrected chi connectivity index (χ4v) is 9.51. The first kappa shape index (κ1) is 27.2. The van der Waals surface area contributed by atoms with E-state index in [0.29, 0.717) is 24.2 Å². The van der Waals surface area contributed by atoms with E-state index >= 15 is 0 Å². The van der Waals surface area contributed by atoms with E-state index in [2.05, 4.69) is 52.9 Å². The van der Waals surface area contributed by atoms with Crippen LogP contribution in [-0.2, 0) is 31.2 Å². The van der Waals surface area contributed by atoms with E-state index < -0.39 is 8.24 Å². The number of ether oxygens (including phenoxy) is 2. The fraction of sp³-hybridized carbons (Fsp3) is 0.650. The van der Waals surface area contributed by atoms with Crippen LogP contribution in [0.2, 0.25) is 18.6 Å². The van der Waals surface area contributed by atoms with Crippen LogP contribution in [0.4, 0.5) is 0 Å². The Kier molecular flexibility index (Phi) is 10.1. The Hall–Kier alpha value is -0.0288. The number of nitrogens with zero attached hydrogens (tertiary/aromatic N) is 1. The van der Waals surface area contributed by atoms with Crippen molar-refractivity contribution >= 4 is 8.24 Å². The van der Waals surface area contributed by atoms with Gasteiger partial charge in [-0.2, -0.15) is 0 Å². The molecule has 4 atom stereocenters. The molecule has 2 aliphatic carbocycles. The molecule has 3 nitrogen and oxygen atoms in total. The second-order valence-electron chi connectivity index (χ2n) is 8.38. The van der Waals surface area contributed by atoms with Gasteiger partial charge in [-0.1, -0.05) is 54.6 Å². The predicted octanol–water partition coefficient (Wildman–Crippen LogP) is 6.14. The maximum absolute atomic E-state index is 5.62. The monoisotopic (exact) mass is 399 g/mol. The minimum absolute atomic E-state index is 0. The van der Waals surface area contributed by atoms with Crippen LogP contribution >= 0.6 is 0 Å². The smallest absolute Gasteiger partial charge is 0.660 e. The second kappa shape index (κ2) is 9.25. The number of rotatable bonds is 2. The summed E-state index contributed by atoms with van der Waals surface area (Å²) in [6.07, 6.45) is 5.90. The van der Waals surface area contributed by atoms with Crippen LogP contribution in [0.25, 0.3) is 4.98 Å². The average Bonchev–Trinajstić information content (AvgIpc) is 2.83. The van der Waals surface area contributed by atoms with Crippen LogP contribution in [0.5, 0.6) is 0 Å². The molecule has 1 heterocycles. The molecule has 0 bridgehead atoms. The summed E-state index contributed by atoms with van der Waals surface area (Å²) in [4.78, 5) is 5.27. The third-order valence-corrected chi connectivity index (χ3v) is 8.82. The Morgan fingerprint density at radius 2 is 1.56 bits per heavy atom. The standard InChI is InChI=1S/C17H28NO2Si.3CH3.Ti/c1-11-7-12-8-14-15(20-10-19-14)9-13(12)16(11)21(5,6)18-17(2,3)4;;;;/h8-9,11-13,16H,7,10H2,1-6H3;3*1H3;/q4*-1;+4. The topological polar surface area (TPSA) is 32.6 Å². The Bertz CT molecular complexity index is 496. The maximum atomic E-state index is 5.62. The molecule has 1 aliphatic heterocycles. The van der Waals surface area contributed by atoms with Gasteiger partial charge in [0.25, 0.3) is 0 Å². The zero-order valence-electron chi connectivity index (χ0n) is 17.6. The van der Waals surface area contributed by atoms with Crippen molar-refractivity contribution in [3.8, 4) is 0 Å². The molecule has 4 unspecified atom stereocenters. The van der Waals surface area contributed by atoms with Crippen LogP contribution in [0.15, 0.2) is 23.7 Å². The van der Waals surface area contributed by atoms with E-state index in [1.807, 2.05) is 0 Å². The van der Waals surface area contributed by atoms with Gasteiger partial charge in [0, 0.05) is 0 Å². The van der Waals surface area contributed by atoms with Crippen LogP contribution in [0.3, 0.4) is 0 Å². The second-order valence-corrected chi connectivity index (χ2v) is 12.6. The van der Waals surface area contributed by atoms with Gasteiger partial charge in [0.15, 0.2) is 11.5 Å². The van der Waals surface area contributed by atoms with E-state index in [1.54, 1.807) is 0 Å². The number of fused-ring (bicyclic) bond motifs is 2. The molecule has 2 fully saturated rings. The molecule has 3 aliphatic rings. The van der Waals surface area contributed by atoms with Crippen molar-refractivity contribution < 1.29 is 31.2 Å². The van der Waals surface area contributed by atoms with Crippen molar-refractivity contribution in [2.75, 3.05) is 6.79 Å². The molecular formula is C20H37NO2SiTi. The van der Waals surface area contributed by atoms with Gasteiger partial charge in [-0.3, -0.25) is 0 Å². The molecule has 0 N–H and O–H groups in total. The first-order valence-electron chi connectivity index (χ1n) is 8.11. The minimum atomic E-state index is -1.67. The van der Waals surface area contributed by atoms with Gasteiger partial charge in [-0.25, -0.2) is 0 Å². The zero-order chi connectivity index (χ0) is 15.4. The van der Waals surface area contributed by atoms with Crippen LogP contribution < -0.4 is 0 Å². The number of hydrogen-bond acceptors (Lipinski definition) is 2. The fourth-order valence-electron chi connectivity index (χ4n) is 4.82. The minimum Gasteiger partial charge on any atom is -0.660 e. The van der Waals surface area contributed by atoms with Gasteiger partial charge in [0.1, 0.15) is 0 Å². The quantitative estimate of drug-likeness (QED) is 0.413. The van der Waals surface area contributed by atoms with E-state index in [0.717, 1.165) is 17.4 Å². The van der Waals surface area contributed by atoms with E-state index in [-0.39, 0.29) is 49.5 Å². The molecule has 0 amide bonds. The number of hydrogen-bond donors (Lipinski definition) is 0. The molecule has 5 heteroatoms. The SMILES string of the molecule is CC1CC2C=C3OCOC3=CC2C1[Si](C)(C)[N-]C(C)(C)C.[CH3-].[CH3-].[CH3-].[Ti+4]. The van der Waals surface area contributed by atoms with Gasteiger partial charge in [-0.15, -0.1) is 5.54 Å². The summed E-state index contributed by atoms with van der Waals surface area (Å²) in [7, 11) is -1.67. The Labute approximate surface area is 173 Å². The number of allylic oxidation sites excluding steroid dienone is 2. The molecule has 142 valence electrons. The molecule has 25 heavy (non-hydrogen) atoms. The Morgan fingerprint density at radius 1 is 1.04 bits per heavy atom. The Morgan fingerprint density at radius 3 is 2.08 bits per heavy atom. The van der Waals surface area contributed by atoms with Gasteiger partial charge < -0.3 is 36.7 Å². The molecule has 0 radical (unpaired) electrons. The van der Waals surface area contributed by atoms with Crippen molar-refractivity contribution in [3.05, 3.63) is 50.9 Å². The molecule has 0 aromatic carbocycles. The molecule has 0 spiro atoms. The normalized spacial score (nSPS) is 29.7. The van der Waals surface area contributed by atoms with Crippen LogP contribution in [0.1, 0.15) is 34.1 Å². The first-order valence-corrected chi connectivity index (χ1v) is 11.1. The molecule has 1 saturated heterocycles. The van der Waals surface area contributed by atoms with Gasteiger partial charge in [0.2, 0.25) is 6.79 Å². The van der Waals surface area contributed by atoms with Crippen molar-refractivity contribution in [2.45, 2.75) is 58.3 Å². The van der Waals surface area contributed by atoms with Crippen LogP contribution in [0, 0.1) is 40.0 Å². The molecule has 3 rings (SSSR count). The summed E-state index contributed by atoms with van der Waals surface area (Å²) < 4.78 is 11.2. The summed E-state index contributed by atoms with van der Waals surface area (Å²) in [6, 6.07) is 0. The zero-order valence-corrected chi connectivity index (χ0v) is 20.2. The molecular weight excluding hydrogens is 362 g/mol. The summed E-state index contributed by atoms with van der Waals surface area (Å²) in [6.45, 7) is 14.3. The van der Waals surface area contributed by atoms with E-state index in [1.165, 1.54) is 6.42 Å². The predicted molar refractivity (Wildman–Crippen MR) is 108 cm³/mol. The van der Waals surface area contributed by atoms with Crippen LogP contribution in [-0.4, -0.2) is 20.6 Å².